The zero-order valence-corrected chi connectivity index (χ0v) is 13.9. The van der Waals surface area contributed by atoms with Gasteiger partial charge >= 0.3 is 5.97 Å². The van der Waals surface area contributed by atoms with E-state index in [0.717, 1.165) is 17.7 Å². The van der Waals surface area contributed by atoms with Crippen LogP contribution in [0, 0.1) is 0 Å². The van der Waals surface area contributed by atoms with Crippen molar-refractivity contribution >= 4 is 35.1 Å². The molecule has 1 aromatic carbocycles. The van der Waals surface area contributed by atoms with E-state index in [4.69, 9.17) is 16.3 Å². The van der Waals surface area contributed by atoms with Gasteiger partial charge in [-0.3, -0.25) is 9.59 Å². The normalized spacial score (nSPS) is 17.3. The van der Waals surface area contributed by atoms with Gasteiger partial charge in [-0.25, -0.2) is 9.69 Å². The number of imide groups is 1. The number of hydrogen-bond acceptors (Lipinski definition) is 4. The summed E-state index contributed by atoms with van der Waals surface area (Å²) in [7, 11) is 0. The summed E-state index contributed by atoms with van der Waals surface area (Å²) in [6.07, 6.45) is 2.92. The van der Waals surface area contributed by atoms with Gasteiger partial charge in [-0.2, -0.15) is 0 Å². The summed E-state index contributed by atoms with van der Waals surface area (Å²) in [6.45, 7) is 1.96. The third kappa shape index (κ3) is 2.57. The maximum absolute atomic E-state index is 12.6. The second-order valence-electron chi connectivity index (χ2n) is 5.65. The Morgan fingerprint density at radius 1 is 1.21 bits per heavy atom. The van der Waals surface area contributed by atoms with Crippen molar-refractivity contribution in [1.82, 2.24) is 0 Å². The lowest BCUT2D eigenvalue weighted by Crippen LogP contribution is -2.32. The number of benzene rings is 1. The van der Waals surface area contributed by atoms with Crippen molar-refractivity contribution in [2.75, 3.05) is 11.5 Å². The van der Waals surface area contributed by atoms with Crippen LogP contribution in [-0.4, -0.2) is 29.5 Å². The van der Waals surface area contributed by atoms with Crippen LogP contribution in [0.1, 0.15) is 43.0 Å². The van der Waals surface area contributed by atoms with Crippen LogP contribution in [0.25, 0.3) is 0 Å². The molecule has 0 saturated carbocycles. The molecule has 24 heavy (non-hydrogen) atoms. The third-order valence-corrected chi connectivity index (χ3v) is 4.51. The van der Waals surface area contributed by atoms with E-state index in [9.17, 15) is 19.5 Å². The summed E-state index contributed by atoms with van der Waals surface area (Å²) in [6, 6.07) is 2.56. The number of carbonyl (C=O) groups excluding carboxylic acids is 2. The summed E-state index contributed by atoms with van der Waals surface area (Å²) in [5, 5.41) is 9.28. The topological polar surface area (TPSA) is 83.9 Å². The third-order valence-electron chi connectivity index (χ3n) is 4.21. The smallest absolute Gasteiger partial charge is 0.339 e. The first-order chi connectivity index (χ1) is 11.5. The van der Waals surface area contributed by atoms with Crippen LogP contribution in [0.15, 0.2) is 23.3 Å². The molecule has 0 spiro atoms. The van der Waals surface area contributed by atoms with E-state index < -0.39 is 5.97 Å². The molecule has 3 rings (SSSR count). The minimum atomic E-state index is -1.19. The SMILES string of the molecule is CCOc1cc(N2C(=O)C3=C(CCCC3)C2=O)c(Cl)cc1C(=O)O. The Kier molecular flexibility index (Phi) is 4.32. The van der Waals surface area contributed by atoms with E-state index >= 15 is 0 Å². The second kappa shape index (κ2) is 6.28. The standard InChI is InChI=1S/C17H16ClNO5/c1-2-24-14-8-13(12(18)7-11(14)17(22)23)19-15(20)9-5-3-4-6-10(9)16(19)21/h7-8H,2-6H2,1H3,(H,22,23). The minimum Gasteiger partial charge on any atom is -0.493 e. The molecule has 0 bridgehead atoms. The summed E-state index contributed by atoms with van der Waals surface area (Å²) in [4.78, 5) is 37.6. The number of nitrogens with zero attached hydrogens (tertiary/aromatic N) is 1. The van der Waals surface area contributed by atoms with Gasteiger partial charge in [0, 0.05) is 17.2 Å². The summed E-state index contributed by atoms with van der Waals surface area (Å²) < 4.78 is 5.34. The number of hydrogen-bond donors (Lipinski definition) is 1. The highest BCUT2D eigenvalue weighted by molar-refractivity contribution is 6.39. The van der Waals surface area contributed by atoms with E-state index in [1.807, 2.05) is 0 Å². The molecule has 2 aliphatic rings. The van der Waals surface area contributed by atoms with Gasteiger partial charge in [0.15, 0.2) is 0 Å². The number of ether oxygens (including phenoxy) is 1. The lowest BCUT2D eigenvalue weighted by molar-refractivity contribution is -0.120. The van der Waals surface area contributed by atoms with Crippen molar-refractivity contribution < 1.29 is 24.2 Å². The number of carboxylic acid groups (broad SMARTS) is 1. The van der Waals surface area contributed by atoms with E-state index in [0.29, 0.717) is 24.0 Å². The zero-order valence-electron chi connectivity index (χ0n) is 13.1. The minimum absolute atomic E-state index is 0.0254. The molecule has 1 heterocycles. The second-order valence-corrected chi connectivity index (χ2v) is 6.06. The maximum Gasteiger partial charge on any atom is 0.339 e. The van der Waals surface area contributed by atoms with Gasteiger partial charge < -0.3 is 9.84 Å². The van der Waals surface area contributed by atoms with Crippen LogP contribution in [0.5, 0.6) is 5.75 Å². The highest BCUT2D eigenvalue weighted by atomic mass is 35.5. The number of rotatable bonds is 4. The van der Waals surface area contributed by atoms with Gasteiger partial charge in [0.25, 0.3) is 11.8 Å². The highest BCUT2D eigenvalue weighted by Crippen LogP contribution is 2.40. The molecular formula is C17H16ClNO5. The lowest BCUT2D eigenvalue weighted by atomic mass is 9.93. The Morgan fingerprint density at radius 3 is 2.29 bits per heavy atom. The van der Waals surface area contributed by atoms with Crippen molar-refractivity contribution in [3.63, 3.8) is 0 Å². The van der Waals surface area contributed by atoms with E-state index in [-0.39, 0.29) is 40.4 Å². The molecule has 0 saturated heterocycles. The maximum atomic E-state index is 12.6. The molecule has 1 aliphatic heterocycles. The predicted molar refractivity (Wildman–Crippen MR) is 87.6 cm³/mol. The zero-order chi connectivity index (χ0) is 17.4. The molecule has 0 radical (unpaired) electrons. The van der Waals surface area contributed by atoms with Gasteiger partial charge in [0.05, 0.1) is 17.3 Å². The molecule has 7 heteroatoms. The van der Waals surface area contributed by atoms with Gasteiger partial charge in [0.2, 0.25) is 0 Å². The molecule has 2 amide bonds. The Bertz CT molecular complexity index is 755. The van der Waals surface area contributed by atoms with Crippen LogP contribution in [0.3, 0.4) is 0 Å². The highest BCUT2D eigenvalue weighted by Gasteiger charge is 2.40. The predicted octanol–water partition coefficient (Wildman–Crippen LogP) is 3.18. The molecule has 0 atom stereocenters. The van der Waals surface area contributed by atoms with Crippen LogP contribution in [0.2, 0.25) is 5.02 Å². The van der Waals surface area contributed by atoms with Crippen molar-refractivity contribution in [2.45, 2.75) is 32.6 Å². The molecule has 0 fully saturated rings. The fraction of sp³-hybridized carbons (Fsp3) is 0.353. The van der Waals surface area contributed by atoms with E-state index in [1.54, 1.807) is 6.92 Å². The number of anilines is 1. The molecule has 1 aromatic rings. The first-order valence-corrected chi connectivity index (χ1v) is 8.14. The first-order valence-electron chi connectivity index (χ1n) is 7.76. The van der Waals surface area contributed by atoms with Crippen LogP contribution in [-0.2, 0) is 9.59 Å². The Morgan fingerprint density at radius 2 is 1.79 bits per heavy atom. The van der Waals surface area contributed by atoms with Gasteiger partial charge in [0.1, 0.15) is 11.3 Å². The molecule has 1 aliphatic carbocycles. The summed E-state index contributed by atoms with van der Waals surface area (Å²) in [5.41, 5.74) is 1.14. The average Bonchev–Trinajstić information content (AvgIpc) is 2.81. The molecule has 0 aromatic heterocycles. The molecule has 126 valence electrons. The largest absolute Gasteiger partial charge is 0.493 e. The van der Waals surface area contributed by atoms with Crippen molar-refractivity contribution in [2.24, 2.45) is 0 Å². The lowest BCUT2D eigenvalue weighted by Gasteiger charge is -2.19. The molecule has 1 N–H and O–H groups in total. The Hall–Kier alpha value is -2.34. The van der Waals surface area contributed by atoms with Crippen molar-refractivity contribution in [3.8, 4) is 5.75 Å². The number of aromatic carboxylic acids is 1. The van der Waals surface area contributed by atoms with E-state index in [1.165, 1.54) is 12.1 Å². The van der Waals surface area contributed by atoms with Gasteiger partial charge in [-0.1, -0.05) is 11.6 Å². The number of carbonyl (C=O) groups is 3. The molecule has 6 nitrogen and oxygen atoms in total. The van der Waals surface area contributed by atoms with Gasteiger partial charge in [-0.15, -0.1) is 0 Å². The fourth-order valence-electron chi connectivity index (χ4n) is 3.11. The summed E-state index contributed by atoms with van der Waals surface area (Å²) in [5.74, 6) is -1.86. The average molecular weight is 350 g/mol. The fourth-order valence-corrected chi connectivity index (χ4v) is 3.36. The van der Waals surface area contributed by atoms with Crippen molar-refractivity contribution in [1.29, 1.82) is 0 Å². The van der Waals surface area contributed by atoms with Gasteiger partial charge in [-0.05, 0) is 38.7 Å². The summed E-state index contributed by atoms with van der Waals surface area (Å²) >= 11 is 6.17. The first kappa shape index (κ1) is 16.5. The quantitative estimate of drug-likeness (QED) is 0.844. The molecular weight excluding hydrogens is 334 g/mol. The van der Waals surface area contributed by atoms with Crippen LogP contribution >= 0.6 is 11.6 Å². The van der Waals surface area contributed by atoms with E-state index in [2.05, 4.69) is 0 Å². The van der Waals surface area contributed by atoms with Crippen LogP contribution in [0.4, 0.5) is 5.69 Å². The Labute approximate surface area is 143 Å². The monoisotopic (exact) mass is 349 g/mol. The number of halogens is 1. The Balaban J connectivity index is 2.07. The number of amides is 2. The van der Waals surface area contributed by atoms with Crippen LogP contribution < -0.4 is 9.64 Å². The molecule has 0 unspecified atom stereocenters. The van der Waals surface area contributed by atoms with Crippen molar-refractivity contribution in [3.05, 3.63) is 33.9 Å². The number of carboxylic acids is 1.